The molecule has 0 unspecified atom stereocenters. The van der Waals surface area contributed by atoms with Crippen molar-refractivity contribution >= 4 is 21.6 Å². The number of hydrogen-bond donors (Lipinski definition) is 0. The van der Waals surface area contributed by atoms with Gasteiger partial charge in [0, 0.05) is 5.75 Å². The first kappa shape index (κ1) is 9.70. The second-order valence-corrected chi connectivity index (χ2v) is 5.98. The highest BCUT2D eigenvalue weighted by atomic mass is 33.1. The van der Waals surface area contributed by atoms with Crippen molar-refractivity contribution in [3.63, 3.8) is 0 Å². The zero-order chi connectivity index (χ0) is 7.33. The lowest BCUT2D eigenvalue weighted by molar-refractivity contribution is 0.402. The molecule has 0 spiro atoms. The molecule has 0 fully saturated rings. The zero-order valence-corrected chi connectivity index (χ0v) is 8.36. The van der Waals surface area contributed by atoms with Gasteiger partial charge in [-0.1, -0.05) is 42.4 Å². The van der Waals surface area contributed by atoms with E-state index in [2.05, 4.69) is 27.0 Å². The number of rotatable bonds is 3. The van der Waals surface area contributed by atoms with Crippen LogP contribution in [0.15, 0.2) is 0 Å². The standard InChI is InChI=1S/C7H16S2/c1-7(2,3)5-6-9-8-4/h5-6H2,1-4H3. The van der Waals surface area contributed by atoms with Crippen molar-refractivity contribution in [2.24, 2.45) is 5.41 Å². The summed E-state index contributed by atoms with van der Waals surface area (Å²) in [7, 11) is 3.81. The molecular weight excluding hydrogens is 148 g/mol. The summed E-state index contributed by atoms with van der Waals surface area (Å²) in [6.45, 7) is 6.86. The molecule has 0 aliphatic rings. The Morgan fingerprint density at radius 1 is 1.22 bits per heavy atom. The minimum atomic E-state index is 0.517. The van der Waals surface area contributed by atoms with Gasteiger partial charge in [0.15, 0.2) is 0 Å². The van der Waals surface area contributed by atoms with Crippen LogP contribution >= 0.6 is 21.6 Å². The van der Waals surface area contributed by atoms with Gasteiger partial charge >= 0.3 is 0 Å². The maximum absolute atomic E-state index is 2.29. The molecule has 9 heavy (non-hydrogen) atoms. The molecule has 0 aromatic carbocycles. The minimum absolute atomic E-state index is 0.517. The van der Waals surface area contributed by atoms with Crippen LogP contribution in [-0.2, 0) is 0 Å². The van der Waals surface area contributed by atoms with Gasteiger partial charge in [-0.3, -0.25) is 0 Å². The maximum atomic E-state index is 2.29. The first-order chi connectivity index (χ1) is 4.06. The van der Waals surface area contributed by atoms with E-state index in [9.17, 15) is 0 Å². The fourth-order valence-electron chi connectivity index (χ4n) is 0.431. The van der Waals surface area contributed by atoms with Gasteiger partial charge in [-0.2, -0.15) is 0 Å². The van der Waals surface area contributed by atoms with Crippen molar-refractivity contribution in [2.45, 2.75) is 27.2 Å². The van der Waals surface area contributed by atoms with Crippen LogP contribution in [0.4, 0.5) is 0 Å². The van der Waals surface area contributed by atoms with Crippen molar-refractivity contribution in [1.29, 1.82) is 0 Å². The predicted molar refractivity (Wildman–Crippen MR) is 50.0 cm³/mol. The van der Waals surface area contributed by atoms with Crippen LogP contribution in [-0.4, -0.2) is 12.0 Å². The molecule has 0 saturated carbocycles. The number of hydrogen-bond acceptors (Lipinski definition) is 2. The molecule has 0 saturated heterocycles. The first-order valence-corrected chi connectivity index (χ1v) is 5.94. The molecule has 0 bridgehead atoms. The quantitative estimate of drug-likeness (QED) is 0.463. The summed E-state index contributed by atoms with van der Waals surface area (Å²) < 4.78 is 0. The lowest BCUT2D eigenvalue weighted by Crippen LogP contribution is -2.05. The van der Waals surface area contributed by atoms with Gasteiger partial charge in [-0.05, 0) is 18.1 Å². The van der Waals surface area contributed by atoms with Crippen LogP contribution in [0.1, 0.15) is 27.2 Å². The molecule has 0 atom stereocenters. The van der Waals surface area contributed by atoms with E-state index < -0.39 is 0 Å². The molecule has 56 valence electrons. The highest BCUT2D eigenvalue weighted by Crippen LogP contribution is 2.25. The van der Waals surface area contributed by atoms with Crippen LogP contribution in [0.2, 0.25) is 0 Å². The van der Waals surface area contributed by atoms with Gasteiger partial charge in [0.05, 0.1) is 0 Å². The molecule has 0 amide bonds. The molecule has 2 heteroatoms. The second-order valence-electron chi connectivity index (χ2n) is 3.30. The van der Waals surface area contributed by atoms with Crippen LogP contribution in [0.25, 0.3) is 0 Å². The summed E-state index contributed by atoms with van der Waals surface area (Å²) in [5, 5.41) is 0. The molecule has 0 N–H and O–H groups in total. The Morgan fingerprint density at radius 2 is 1.78 bits per heavy atom. The van der Waals surface area contributed by atoms with Gasteiger partial charge in [-0.25, -0.2) is 0 Å². The van der Waals surface area contributed by atoms with Crippen molar-refractivity contribution < 1.29 is 0 Å². The van der Waals surface area contributed by atoms with Crippen LogP contribution in [0.3, 0.4) is 0 Å². The van der Waals surface area contributed by atoms with E-state index in [1.54, 1.807) is 0 Å². The minimum Gasteiger partial charge on any atom is -0.0976 e. The average molecular weight is 164 g/mol. The Morgan fingerprint density at radius 3 is 2.11 bits per heavy atom. The normalized spacial score (nSPS) is 12.0. The van der Waals surface area contributed by atoms with Gasteiger partial charge in [-0.15, -0.1) is 0 Å². The molecule has 0 rings (SSSR count). The van der Waals surface area contributed by atoms with E-state index in [4.69, 9.17) is 0 Å². The van der Waals surface area contributed by atoms with Gasteiger partial charge < -0.3 is 0 Å². The fraction of sp³-hybridized carbons (Fsp3) is 1.00. The first-order valence-electron chi connectivity index (χ1n) is 3.22. The molecular formula is C7H16S2. The largest absolute Gasteiger partial charge is 0.0976 e. The van der Waals surface area contributed by atoms with Crippen LogP contribution < -0.4 is 0 Å². The SMILES string of the molecule is CSSCCC(C)(C)C. The molecule has 0 nitrogen and oxygen atoms in total. The molecule has 0 aromatic rings. The van der Waals surface area contributed by atoms with E-state index in [-0.39, 0.29) is 0 Å². The van der Waals surface area contributed by atoms with Gasteiger partial charge in [0.25, 0.3) is 0 Å². The van der Waals surface area contributed by atoms with Crippen molar-refractivity contribution in [3.05, 3.63) is 0 Å². The summed E-state index contributed by atoms with van der Waals surface area (Å²) in [6, 6.07) is 0. The third-order valence-corrected chi connectivity index (χ3v) is 2.87. The van der Waals surface area contributed by atoms with E-state index >= 15 is 0 Å². The third kappa shape index (κ3) is 8.70. The Hall–Kier alpha value is 0.700. The molecule has 0 aliphatic carbocycles. The molecule has 0 radical (unpaired) electrons. The topological polar surface area (TPSA) is 0 Å². The van der Waals surface area contributed by atoms with Crippen molar-refractivity contribution in [3.8, 4) is 0 Å². The Labute approximate surface area is 66.6 Å². The van der Waals surface area contributed by atoms with E-state index in [1.807, 2.05) is 21.6 Å². The molecule has 0 aliphatic heterocycles. The zero-order valence-electron chi connectivity index (χ0n) is 6.73. The Kier molecular flexibility index (Phi) is 4.86. The third-order valence-electron chi connectivity index (χ3n) is 1.05. The van der Waals surface area contributed by atoms with Crippen molar-refractivity contribution in [2.75, 3.05) is 12.0 Å². The highest BCUT2D eigenvalue weighted by Gasteiger charge is 2.08. The lowest BCUT2D eigenvalue weighted by atomic mass is 9.94. The summed E-state index contributed by atoms with van der Waals surface area (Å²) in [5.74, 6) is 1.28. The average Bonchev–Trinajstić information content (AvgIpc) is 1.63. The van der Waals surface area contributed by atoms with Gasteiger partial charge in [0.2, 0.25) is 0 Å². The van der Waals surface area contributed by atoms with E-state index in [0.717, 1.165) is 0 Å². The Balaban J connectivity index is 3.07. The van der Waals surface area contributed by atoms with E-state index in [0.29, 0.717) is 5.41 Å². The van der Waals surface area contributed by atoms with E-state index in [1.165, 1.54) is 12.2 Å². The summed E-state index contributed by atoms with van der Waals surface area (Å²) in [4.78, 5) is 0. The highest BCUT2D eigenvalue weighted by molar-refractivity contribution is 8.76. The summed E-state index contributed by atoms with van der Waals surface area (Å²) in [6.07, 6.45) is 3.45. The van der Waals surface area contributed by atoms with Crippen LogP contribution in [0, 0.1) is 5.41 Å². The van der Waals surface area contributed by atoms with Crippen molar-refractivity contribution in [1.82, 2.24) is 0 Å². The monoisotopic (exact) mass is 164 g/mol. The molecule has 0 heterocycles. The Bertz CT molecular complexity index is 63.8. The maximum Gasteiger partial charge on any atom is 0.00418 e. The summed E-state index contributed by atoms with van der Waals surface area (Å²) in [5.41, 5.74) is 0.517. The van der Waals surface area contributed by atoms with Crippen LogP contribution in [0.5, 0.6) is 0 Å². The predicted octanol–water partition coefficient (Wildman–Crippen LogP) is 3.43. The molecule has 0 aromatic heterocycles. The fourth-order valence-corrected chi connectivity index (χ4v) is 2.04. The lowest BCUT2D eigenvalue weighted by Gasteiger charge is -2.16. The second kappa shape index (κ2) is 4.51. The van der Waals surface area contributed by atoms with Gasteiger partial charge in [0.1, 0.15) is 0 Å². The smallest absolute Gasteiger partial charge is 0.00418 e. The summed E-state index contributed by atoms with van der Waals surface area (Å²) >= 11 is 0.